The van der Waals surface area contributed by atoms with Gasteiger partial charge in [0, 0.05) is 0 Å². The van der Waals surface area contributed by atoms with E-state index in [-0.39, 0.29) is 0 Å². The van der Waals surface area contributed by atoms with Gasteiger partial charge in [-0.15, -0.1) is 0 Å². The highest BCUT2D eigenvalue weighted by molar-refractivity contribution is 5.92. The van der Waals surface area contributed by atoms with Crippen molar-refractivity contribution in [3.8, 4) is 5.75 Å². The molecule has 0 aliphatic heterocycles. The van der Waals surface area contributed by atoms with Crippen molar-refractivity contribution in [2.75, 3.05) is 6.61 Å². The number of carbonyl (C=O) groups is 1. The standard InChI is InChI=1S/C13H17O4/c1-4-10(3)16-17-13(14)11-8-6-7-9-12(11)15-5-2/h6-9H,4-5H2,1-3H3. The van der Waals surface area contributed by atoms with Crippen molar-refractivity contribution >= 4 is 5.97 Å². The van der Waals surface area contributed by atoms with Gasteiger partial charge in [0.25, 0.3) is 0 Å². The fourth-order valence-electron chi connectivity index (χ4n) is 1.13. The molecule has 17 heavy (non-hydrogen) atoms. The Bertz CT molecular complexity index is 362. The molecule has 0 unspecified atom stereocenters. The van der Waals surface area contributed by atoms with Crippen LogP contribution in [-0.2, 0) is 9.78 Å². The molecule has 1 radical (unpaired) electrons. The van der Waals surface area contributed by atoms with Crippen LogP contribution in [0, 0.1) is 6.10 Å². The molecule has 1 rings (SSSR count). The summed E-state index contributed by atoms with van der Waals surface area (Å²) in [7, 11) is 0. The van der Waals surface area contributed by atoms with Gasteiger partial charge in [0.2, 0.25) is 0 Å². The molecule has 0 N–H and O–H groups in total. The summed E-state index contributed by atoms with van der Waals surface area (Å²) in [5, 5.41) is 0. The Morgan fingerprint density at radius 1 is 1.18 bits per heavy atom. The molecule has 0 amide bonds. The fourth-order valence-corrected chi connectivity index (χ4v) is 1.13. The minimum absolute atomic E-state index is 0.359. The average Bonchev–Trinajstić information content (AvgIpc) is 2.36. The molecule has 0 atom stereocenters. The molecule has 0 saturated carbocycles. The van der Waals surface area contributed by atoms with E-state index in [1.165, 1.54) is 0 Å². The van der Waals surface area contributed by atoms with E-state index in [0.29, 0.717) is 30.4 Å². The smallest absolute Gasteiger partial charge is 0.376 e. The highest BCUT2D eigenvalue weighted by Crippen LogP contribution is 2.19. The molecule has 1 aromatic carbocycles. The Kier molecular flexibility index (Phi) is 5.49. The van der Waals surface area contributed by atoms with Crippen LogP contribution in [0.15, 0.2) is 24.3 Å². The topological polar surface area (TPSA) is 44.8 Å². The number of benzene rings is 1. The third-order valence-corrected chi connectivity index (χ3v) is 2.16. The first kappa shape index (κ1) is 13.5. The van der Waals surface area contributed by atoms with Crippen LogP contribution in [0.2, 0.25) is 0 Å². The van der Waals surface area contributed by atoms with Crippen LogP contribution in [0.4, 0.5) is 0 Å². The van der Waals surface area contributed by atoms with Gasteiger partial charge in [-0.05, 0) is 32.4 Å². The summed E-state index contributed by atoms with van der Waals surface area (Å²) in [6.07, 6.45) is 1.34. The zero-order valence-electron chi connectivity index (χ0n) is 10.4. The Labute approximate surface area is 101 Å². The zero-order chi connectivity index (χ0) is 12.7. The van der Waals surface area contributed by atoms with Gasteiger partial charge in [0.1, 0.15) is 17.4 Å². The molecule has 93 valence electrons. The van der Waals surface area contributed by atoms with Crippen LogP contribution in [-0.4, -0.2) is 12.6 Å². The van der Waals surface area contributed by atoms with Crippen LogP contribution in [0.3, 0.4) is 0 Å². The molecule has 0 aromatic heterocycles. The Morgan fingerprint density at radius 3 is 2.53 bits per heavy atom. The average molecular weight is 237 g/mol. The van der Waals surface area contributed by atoms with Gasteiger partial charge in [-0.25, -0.2) is 4.79 Å². The second-order valence-electron chi connectivity index (χ2n) is 3.44. The van der Waals surface area contributed by atoms with E-state index in [1.807, 2.05) is 13.8 Å². The summed E-state index contributed by atoms with van der Waals surface area (Å²) in [6.45, 7) is 6.01. The predicted octanol–water partition coefficient (Wildman–Crippen LogP) is 3.14. The third-order valence-electron chi connectivity index (χ3n) is 2.16. The lowest BCUT2D eigenvalue weighted by Gasteiger charge is -2.10. The Hall–Kier alpha value is -1.55. The van der Waals surface area contributed by atoms with E-state index in [0.717, 1.165) is 0 Å². The molecule has 4 heteroatoms. The molecule has 4 nitrogen and oxygen atoms in total. The first-order chi connectivity index (χ1) is 8.19. The lowest BCUT2D eigenvalue weighted by Crippen LogP contribution is -2.10. The summed E-state index contributed by atoms with van der Waals surface area (Å²) < 4.78 is 5.33. The van der Waals surface area contributed by atoms with Gasteiger partial charge in [-0.1, -0.05) is 19.1 Å². The molecule has 0 heterocycles. The summed E-state index contributed by atoms with van der Waals surface area (Å²) in [5.74, 6) is -0.0559. The van der Waals surface area contributed by atoms with Crippen LogP contribution in [0.5, 0.6) is 5.75 Å². The van der Waals surface area contributed by atoms with E-state index in [4.69, 9.17) is 14.5 Å². The number of hydrogen-bond donors (Lipinski definition) is 0. The maximum Gasteiger partial charge on any atom is 0.376 e. The predicted molar refractivity (Wildman–Crippen MR) is 63.3 cm³/mol. The van der Waals surface area contributed by atoms with Crippen molar-refractivity contribution in [2.24, 2.45) is 0 Å². The zero-order valence-corrected chi connectivity index (χ0v) is 10.4. The molecular formula is C13H17O4. The maximum absolute atomic E-state index is 11.7. The van der Waals surface area contributed by atoms with Crippen molar-refractivity contribution in [2.45, 2.75) is 27.2 Å². The molecule has 0 spiro atoms. The van der Waals surface area contributed by atoms with E-state index >= 15 is 0 Å². The van der Waals surface area contributed by atoms with Crippen molar-refractivity contribution < 1.29 is 19.3 Å². The second kappa shape index (κ2) is 6.91. The molecular weight excluding hydrogens is 220 g/mol. The SMILES string of the molecule is CCOc1ccccc1C(=O)OO[C](C)CC. The molecule has 0 bridgehead atoms. The number of rotatable bonds is 6. The molecule has 0 aliphatic carbocycles. The summed E-state index contributed by atoms with van der Waals surface area (Å²) in [6, 6.07) is 6.90. The van der Waals surface area contributed by atoms with Gasteiger partial charge in [0.15, 0.2) is 0 Å². The maximum atomic E-state index is 11.7. The number of carbonyl (C=O) groups excluding carboxylic acids is 1. The molecule has 0 saturated heterocycles. The van der Waals surface area contributed by atoms with Crippen molar-refractivity contribution in [3.05, 3.63) is 35.9 Å². The van der Waals surface area contributed by atoms with E-state index < -0.39 is 5.97 Å². The highest BCUT2D eigenvalue weighted by atomic mass is 17.2. The van der Waals surface area contributed by atoms with Crippen molar-refractivity contribution in [1.29, 1.82) is 0 Å². The van der Waals surface area contributed by atoms with Crippen LogP contribution in [0.1, 0.15) is 37.6 Å². The molecule has 1 aromatic rings. The monoisotopic (exact) mass is 237 g/mol. The fraction of sp³-hybridized carbons (Fsp3) is 0.385. The summed E-state index contributed by atoms with van der Waals surface area (Å²) >= 11 is 0. The van der Waals surface area contributed by atoms with E-state index in [2.05, 4.69) is 0 Å². The minimum atomic E-state index is -0.554. The Morgan fingerprint density at radius 2 is 1.88 bits per heavy atom. The van der Waals surface area contributed by atoms with E-state index in [1.54, 1.807) is 31.2 Å². The highest BCUT2D eigenvalue weighted by Gasteiger charge is 2.15. The first-order valence-corrected chi connectivity index (χ1v) is 5.62. The van der Waals surface area contributed by atoms with Crippen LogP contribution < -0.4 is 4.74 Å². The van der Waals surface area contributed by atoms with Crippen LogP contribution >= 0.6 is 0 Å². The van der Waals surface area contributed by atoms with Gasteiger partial charge in [-0.2, -0.15) is 4.89 Å². The van der Waals surface area contributed by atoms with Gasteiger partial charge < -0.3 is 4.74 Å². The number of para-hydroxylation sites is 1. The molecule has 0 fully saturated rings. The second-order valence-corrected chi connectivity index (χ2v) is 3.44. The van der Waals surface area contributed by atoms with Crippen molar-refractivity contribution in [1.82, 2.24) is 0 Å². The van der Waals surface area contributed by atoms with Crippen LogP contribution in [0.25, 0.3) is 0 Å². The minimum Gasteiger partial charge on any atom is -0.493 e. The van der Waals surface area contributed by atoms with Gasteiger partial charge >= 0.3 is 5.97 Å². The Balaban J connectivity index is 2.67. The molecule has 0 aliphatic rings. The van der Waals surface area contributed by atoms with E-state index in [9.17, 15) is 4.79 Å². The van der Waals surface area contributed by atoms with Gasteiger partial charge in [-0.3, -0.25) is 4.89 Å². The quantitative estimate of drug-likeness (QED) is 0.563. The third kappa shape index (κ3) is 4.07. The lowest BCUT2D eigenvalue weighted by molar-refractivity contribution is -0.232. The first-order valence-electron chi connectivity index (χ1n) is 5.62. The summed E-state index contributed by atoms with van der Waals surface area (Å²) in [4.78, 5) is 21.3. The number of ether oxygens (including phenoxy) is 1. The van der Waals surface area contributed by atoms with Crippen molar-refractivity contribution in [3.63, 3.8) is 0 Å². The number of hydrogen-bond acceptors (Lipinski definition) is 4. The van der Waals surface area contributed by atoms with Gasteiger partial charge in [0.05, 0.1) is 6.61 Å². The normalized spacial score (nSPS) is 10.4. The summed E-state index contributed by atoms with van der Waals surface area (Å²) in [5.41, 5.74) is 0.359. The largest absolute Gasteiger partial charge is 0.493 e. The lowest BCUT2D eigenvalue weighted by atomic mass is 10.2.